The highest BCUT2D eigenvalue weighted by Crippen LogP contribution is 2.03. The Kier molecular flexibility index (Phi) is 5.18. The average Bonchev–Trinajstić information content (AvgIpc) is 1.68. The summed E-state index contributed by atoms with van der Waals surface area (Å²) in [6, 6.07) is 0. The van der Waals surface area contributed by atoms with Crippen LogP contribution in [0.2, 0.25) is 0 Å². The van der Waals surface area contributed by atoms with Crippen LogP contribution in [-0.2, 0) is 4.65 Å². The van der Waals surface area contributed by atoms with Gasteiger partial charge in [-0.2, -0.15) is 0 Å². The van der Waals surface area contributed by atoms with Crippen molar-refractivity contribution in [1.29, 1.82) is 0 Å². The Labute approximate surface area is 52.9 Å². The van der Waals surface area contributed by atoms with Crippen molar-refractivity contribution in [1.82, 2.24) is 0 Å². The van der Waals surface area contributed by atoms with Crippen molar-refractivity contribution in [2.24, 2.45) is 5.92 Å². The lowest BCUT2D eigenvalue weighted by Gasteiger charge is -2.06. The van der Waals surface area contributed by atoms with Crippen LogP contribution in [0.1, 0.15) is 26.7 Å². The minimum absolute atomic E-state index is 0.616. The van der Waals surface area contributed by atoms with E-state index in [0.29, 0.717) is 12.5 Å². The molecule has 2 radical (unpaired) electrons. The summed E-state index contributed by atoms with van der Waals surface area (Å²) < 4.78 is 4.46. The lowest BCUT2D eigenvalue weighted by atomic mass is 10.1. The molecule has 0 spiro atoms. The molecule has 0 rings (SSSR count). The predicted molar refractivity (Wildman–Crippen MR) is 35.8 cm³/mol. The van der Waals surface area contributed by atoms with Crippen LogP contribution in [0.3, 0.4) is 0 Å². The van der Waals surface area contributed by atoms with Gasteiger partial charge in [-0.1, -0.05) is 20.3 Å². The van der Waals surface area contributed by atoms with Crippen molar-refractivity contribution in [3.8, 4) is 0 Å². The third-order valence-electron chi connectivity index (χ3n) is 1.16. The van der Waals surface area contributed by atoms with Crippen LogP contribution >= 0.6 is 0 Å². The maximum absolute atomic E-state index is 4.86. The topological polar surface area (TPSA) is 9.23 Å². The van der Waals surface area contributed by atoms with Crippen LogP contribution in [-0.4, -0.2) is 14.7 Å². The molecule has 0 amide bonds. The zero-order valence-electron chi connectivity index (χ0n) is 5.68. The lowest BCUT2D eigenvalue weighted by Crippen LogP contribution is -2.02. The summed E-state index contributed by atoms with van der Waals surface area (Å²) in [6.45, 7) is 4.98. The molecular formula is C6H13BO. The van der Waals surface area contributed by atoms with Gasteiger partial charge in [-0.05, 0) is 12.3 Å². The van der Waals surface area contributed by atoms with Gasteiger partial charge in [-0.25, -0.2) is 0 Å². The fourth-order valence-corrected chi connectivity index (χ4v) is 0.740. The van der Waals surface area contributed by atoms with Crippen LogP contribution < -0.4 is 0 Å². The van der Waals surface area contributed by atoms with Crippen molar-refractivity contribution < 1.29 is 4.65 Å². The number of hydrogen-bond donors (Lipinski definition) is 0. The molecule has 0 saturated carbocycles. The van der Waals surface area contributed by atoms with Crippen molar-refractivity contribution in [3.63, 3.8) is 0 Å². The predicted octanol–water partition coefficient (Wildman–Crippen LogP) is 1.52. The van der Waals surface area contributed by atoms with Gasteiger partial charge in [-0.15, -0.1) is 0 Å². The van der Waals surface area contributed by atoms with E-state index in [1.54, 1.807) is 0 Å². The third-order valence-corrected chi connectivity index (χ3v) is 1.16. The molecule has 0 aliphatic carbocycles. The Balaban J connectivity index is 2.92. The van der Waals surface area contributed by atoms with E-state index in [1.165, 1.54) is 12.8 Å². The lowest BCUT2D eigenvalue weighted by molar-refractivity contribution is 0.272. The Morgan fingerprint density at radius 2 is 2.25 bits per heavy atom. The van der Waals surface area contributed by atoms with E-state index in [0.717, 1.165) is 0 Å². The Bertz CT molecular complexity index is 41.8. The Morgan fingerprint density at radius 3 is 2.62 bits per heavy atom. The molecule has 0 aromatic carbocycles. The van der Waals surface area contributed by atoms with Crippen LogP contribution in [0.4, 0.5) is 0 Å². The molecule has 1 unspecified atom stereocenters. The summed E-state index contributed by atoms with van der Waals surface area (Å²) in [5.41, 5.74) is 0. The van der Waals surface area contributed by atoms with Crippen LogP contribution in [0, 0.1) is 5.92 Å². The van der Waals surface area contributed by atoms with E-state index < -0.39 is 0 Å². The molecule has 0 N–H and O–H groups in total. The molecule has 0 saturated heterocycles. The summed E-state index contributed by atoms with van der Waals surface area (Å²) in [5, 5.41) is 0. The summed E-state index contributed by atoms with van der Waals surface area (Å²) in [4.78, 5) is 0. The van der Waals surface area contributed by atoms with Gasteiger partial charge in [0.2, 0.25) is 0 Å². The molecule has 1 nitrogen and oxygen atoms in total. The highest BCUT2D eigenvalue weighted by Gasteiger charge is 1.96. The summed E-state index contributed by atoms with van der Waals surface area (Å²) in [7, 11) is 4.86. The van der Waals surface area contributed by atoms with E-state index in [1.807, 2.05) is 0 Å². The van der Waals surface area contributed by atoms with Gasteiger partial charge in [0.25, 0.3) is 8.05 Å². The second-order valence-corrected chi connectivity index (χ2v) is 2.23. The second kappa shape index (κ2) is 5.17. The summed E-state index contributed by atoms with van der Waals surface area (Å²) in [5.74, 6) is 0.616. The first kappa shape index (κ1) is 8.02. The fourth-order valence-electron chi connectivity index (χ4n) is 0.740. The van der Waals surface area contributed by atoms with Crippen LogP contribution in [0.15, 0.2) is 0 Å². The van der Waals surface area contributed by atoms with E-state index in [-0.39, 0.29) is 0 Å². The molecule has 8 heavy (non-hydrogen) atoms. The normalized spacial score (nSPS) is 13.8. The monoisotopic (exact) mass is 112 g/mol. The van der Waals surface area contributed by atoms with Crippen molar-refractivity contribution >= 4 is 8.05 Å². The van der Waals surface area contributed by atoms with Crippen molar-refractivity contribution in [3.05, 3.63) is 0 Å². The summed E-state index contributed by atoms with van der Waals surface area (Å²) >= 11 is 0. The molecule has 0 aromatic rings. The first-order chi connectivity index (χ1) is 3.81. The highest BCUT2D eigenvalue weighted by atomic mass is 16.4. The van der Waals surface area contributed by atoms with Gasteiger partial charge >= 0.3 is 0 Å². The molecule has 46 valence electrons. The Hall–Kier alpha value is 0.0249. The fraction of sp³-hybridized carbons (Fsp3) is 1.00. The summed E-state index contributed by atoms with van der Waals surface area (Å²) in [6.07, 6.45) is 2.42. The van der Waals surface area contributed by atoms with E-state index in [2.05, 4.69) is 18.5 Å². The standard InChI is InChI=1S/C6H13BO/c1-3-4-6(2)5-8-7/h6H,3-5H2,1-2H3. The van der Waals surface area contributed by atoms with Gasteiger partial charge in [0.05, 0.1) is 0 Å². The Morgan fingerprint density at radius 1 is 1.62 bits per heavy atom. The molecule has 1 atom stereocenters. The largest absolute Gasteiger partial charge is 0.447 e. The first-order valence-corrected chi connectivity index (χ1v) is 3.13. The number of hydrogen-bond acceptors (Lipinski definition) is 1. The number of rotatable bonds is 4. The third kappa shape index (κ3) is 4.19. The molecule has 0 heterocycles. The average molecular weight is 112 g/mol. The van der Waals surface area contributed by atoms with Crippen molar-refractivity contribution in [2.45, 2.75) is 26.7 Å². The molecule has 0 aromatic heterocycles. The van der Waals surface area contributed by atoms with Crippen LogP contribution in [0.5, 0.6) is 0 Å². The van der Waals surface area contributed by atoms with Gasteiger partial charge in [0.1, 0.15) is 0 Å². The molecule has 2 heteroatoms. The van der Waals surface area contributed by atoms with Gasteiger partial charge in [-0.3, -0.25) is 0 Å². The van der Waals surface area contributed by atoms with Gasteiger partial charge < -0.3 is 4.65 Å². The SMILES string of the molecule is [B]OCC(C)CCC. The molecule has 0 bridgehead atoms. The van der Waals surface area contributed by atoms with Gasteiger partial charge in [0.15, 0.2) is 0 Å². The second-order valence-electron chi connectivity index (χ2n) is 2.23. The van der Waals surface area contributed by atoms with E-state index in [4.69, 9.17) is 8.05 Å². The maximum atomic E-state index is 4.86. The molecule has 0 aliphatic heterocycles. The molecule has 0 fully saturated rings. The highest BCUT2D eigenvalue weighted by molar-refractivity contribution is 5.97. The smallest absolute Gasteiger partial charge is 0.282 e. The minimum Gasteiger partial charge on any atom is -0.447 e. The van der Waals surface area contributed by atoms with E-state index >= 15 is 0 Å². The minimum atomic E-state index is 0.616. The van der Waals surface area contributed by atoms with Gasteiger partial charge in [0, 0.05) is 6.61 Å². The quantitative estimate of drug-likeness (QED) is 0.501. The zero-order valence-corrected chi connectivity index (χ0v) is 5.68. The molecular weight excluding hydrogens is 98.9 g/mol. The molecule has 0 aliphatic rings. The first-order valence-electron chi connectivity index (χ1n) is 3.13. The van der Waals surface area contributed by atoms with E-state index in [9.17, 15) is 0 Å². The van der Waals surface area contributed by atoms with Crippen LogP contribution in [0.25, 0.3) is 0 Å². The zero-order chi connectivity index (χ0) is 6.41. The van der Waals surface area contributed by atoms with Crippen molar-refractivity contribution in [2.75, 3.05) is 6.61 Å². The maximum Gasteiger partial charge on any atom is 0.282 e.